The van der Waals surface area contributed by atoms with Gasteiger partial charge in [-0.15, -0.1) is 0 Å². The third-order valence-corrected chi connectivity index (χ3v) is 4.43. The van der Waals surface area contributed by atoms with E-state index in [2.05, 4.69) is 4.74 Å². The molecule has 0 aromatic heterocycles. The van der Waals surface area contributed by atoms with Crippen molar-refractivity contribution in [3.8, 4) is 0 Å². The molecule has 0 rings (SSSR count). The third-order valence-electron chi connectivity index (χ3n) is 4.43. The quantitative estimate of drug-likeness (QED) is 0.176. The van der Waals surface area contributed by atoms with E-state index in [4.69, 9.17) is 0 Å². The maximum absolute atomic E-state index is 10.9. The first-order valence-electron chi connectivity index (χ1n) is 9.81. The van der Waals surface area contributed by atoms with E-state index in [0.717, 1.165) is 32.0 Å². The molecule has 0 spiro atoms. The zero-order valence-electron chi connectivity index (χ0n) is 15.3. The van der Waals surface area contributed by atoms with Gasteiger partial charge in [0.1, 0.15) is 6.29 Å². The van der Waals surface area contributed by atoms with Gasteiger partial charge in [-0.3, -0.25) is 4.79 Å². The highest BCUT2D eigenvalue weighted by Crippen LogP contribution is 2.13. The number of ether oxygens (including phenoxy) is 1. The molecular formula is C20H38O3. The normalized spacial score (nSPS) is 10.7. The number of carbonyl (C=O) groups excluding carboxylic acids is 2. The summed E-state index contributed by atoms with van der Waals surface area (Å²) in [6.45, 7) is 0. The monoisotopic (exact) mass is 326 g/mol. The summed E-state index contributed by atoms with van der Waals surface area (Å²) in [5.74, 6) is -0.0778. The average Bonchev–Trinajstić information content (AvgIpc) is 2.57. The first-order chi connectivity index (χ1) is 11.3. The number of hydrogen-bond donors (Lipinski definition) is 0. The summed E-state index contributed by atoms with van der Waals surface area (Å²) in [6.07, 6.45) is 21.6. The Hall–Kier alpha value is -0.860. The number of methoxy groups -OCH3 is 1. The molecule has 0 bridgehead atoms. The van der Waals surface area contributed by atoms with Crippen LogP contribution in [0.2, 0.25) is 0 Å². The molecule has 0 amide bonds. The summed E-state index contributed by atoms with van der Waals surface area (Å²) in [7, 11) is 1.46. The van der Waals surface area contributed by atoms with Crippen molar-refractivity contribution in [3.63, 3.8) is 0 Å². The second-order valence-electron chi connectivity index (χ2n) is 6.58. The van der Waals surface area contributed by atoms with Crippen molar-refractivity contribution in [1.29, 1.82) is 0 Å². The van der Waals surface area contributed by atoms with E-state index in [-0.39, 0.29) is 5.97 Å². The van der Waals surface area contributed by atoms with Crippen molar-refractivity contribution in [2.75, 3.05) is 7.11 Å². The van der Waals surface area contributed by atoms with Gasteiger partial charge in [-0.25, -0.2) is 0 Å². The Morgan fingerprint density at radius 2 is 1.00 bits per heavy atom. The second kappa shape index (κ2) is 19.2. The minimum atomic E-state index is -0.0778. The van der Waals surface area contributed by atoms with Crippen molar-refractivity contribution >= 4 is 12.3 Å². The van der Waals surface area contributed by atoms with E-state index in [1.807, 2.05) is 0 Å². The number of esters is 1. The minimum absolute atomic E-state index is 0.0778. The molecular weight excluding hydrogens is 288 g/mol. The number of unbranched alkanes of at least 4 members (excludes halogenated alkanes) is 15. The fourth-order valence-corrected chi connectivity index (χ4v) is 2.90. The summed E-state index contributed by atoms with van der Waals surface area (Å²) in [5.41, 5.74) is 0. The predicted octanol–water partition coefficient (Wildman–Crippen LogP) is 5.99. The smallest absolute Gasteiger partial charge is 0.305 e. The SMILES string of the molecule is COC(=O)CCCCCCCCCCCCCCCCCC=O. The predicted molar refractivity (Wildman–Crippen MR) is 96.6 cm³/mol. The number of aldehydes is 1. The summed E-state index contributed by atoms with van der Waals surface area (Å²) in [6, 6.07) is 0. The molecule has 0 saturated heterocycles. The summed E-state index contributed by atoms with van der Waals surface area (Å²) < 4.78 is 4.63. The number of carbonyl (C=O) groups is 2. The van der Waals surface area contributed by atoms with Crippen LogP contribution in [-0.4, -0.2) is 19.4 Å². The lowest BCUT2D eigenvalue weighted by Crippen LogP contribution is -1.99. The summed E-state index contributed by atoms with van der Waals surface area (Å²) in [5, 5.41) is 0. The van der Waals surface area contributed by atoms with Gasteiger partial charge in [-0.2, -0.15) is 0 Å². The standard InChI is InChI=1S/C20H38O3/c1-23-20(22)18-16-14-12-10-8-6-4-2-3-5-7-9-11-13-15-17-19-21/h19H,2-18H2,1H3. The van der Waals surface area contributed by atoms with Crippen LogP contribution in [0.1, 0.15) is 109 Å². The van der Waals surface area contributed by atoms with Gasteiger partial charge in [0.25, 0.3) is 0 Å². The molecule has 0 aliphatic heterocycles. The van der Waals surface area contributed by atoms with Gasteiger partial charge >= 0.3 is 5.97 Å². The molecule has 0 heterocycles. The molecule has 3 heteroatoms. The Labute approximate surface area is 143 Å². The highest BCUT2D eigenvalue weighted by molar-refractivity contribution is 5.68. The van der Waals surface area contributed by atoms with Crippen LogP contribution >= 0.6 is 0 Å². The van der Waals surface area contributed by atoms with Crippen LogP contribution in [0, 0.1) is 0 Å². The maximum atomic E-state index is 10.9. The number of rotatable bonds is 18. The van der Waals surface area contributed by atoms with Crippen LogP contribution in [-0.2, 0) is 14.3 Å². The fraction of sp³-hybridized carbons (Fsp3) is 0.900. The topological polar surface area (TPSA) is 43.4 Å². The molecule has 3 nitrogen and oxygen atoms in total. The first-order valence-corrected chi connectivity index (χ1v) is 9.81. The zero-order chi connectivity index (χ0) is 17.0. The van der Waals surface area contributed by atoms with Crippen LogP contribution in [0.3, 0.4) is 0 Å². The highest BCUT2D eigenvalue weighted by atomic mass is 16.5. The highest BCUT2D eigenvalue weighted by Gasteiger charge is 1.99. The van der Waals surface area contributed by atoms with E-state index in [9.17, 15) is 9.59 Å². The lowest BCUT2D eigenvalue weighted by Gasteiger charge is -2.03. The van der Waals surface area contributed by atoms with Gasteiger partial charge in [0.05, 0.1) is 7.11 Å². The van der Waals surface area contributed by atoms with Crippen molar-refractivity contribution in [2.45, 2.75) is 109 Å². The largest absolute Gasteiger partial charge is 0.469 e. The molecule has 0 aromatic carbocycles. The van der Waals surface area contributed by atoms with Crippen molar-refractivity contribution in [2.24, 2.45) is 0 Å². The van der Waals surface area contributed by atoms with Gasteiger partial charge in [-0.1, -0.05) is 83.5 Å². The van der Waals surface area contributed by atoms with E-state index < -0.39 is 0 Å². The molecule has 0 aliphatic carbocycles. The summed E-state index contributed by atoms with van der Waals surface area (Å²) >= 11 is 0. The van der Waals surface area contributed by atoms with Gasteiger partial charge in [0.2, 0.25) is 0 Å². The van der Waals surface area contributed by atoms with Gasteiger partial charge < -0.3 is 9.53 Å². The molecule has 0 saturated carbocycles. The van der Waals surface area contributed by atoms with Crippen LogP contribution < -0.4 is 0 Å². The molecule has 0 aromatic rings. The van der Waals surface area contributed by atoms with Crippen molar-refractivity contribution in [1.82, 2.24) is 0 Å². The van der Waals surface area contributed by atoms with E-state index in [0.29, 0.717) is 6.42 Å². The van der Waals surface area contributed by atoms with E-state index in [1.165, 1.54) is 84.2 Å². The van der Waals surface area contributed by atoms with Crippen LogP contribution in [0.4, 0.5) is 0 Å². The Balaban J connectivity index is 3.00. The van der Waals surface area contributed by atoms with Gasteiger partial charge in [-0.05, 0) is 12.8 Å². The average molecular weight is 327 g/mol. The molecule has 0 radical (unpaired) electrons. The zero-order valence-corrected chi connectivity index (χ0v) is 15.3. The van der Waals surface area contributed by atoms with Gasteiger partial charge in [0, 0.05) is 12.8 Å². The minimum Gasteiger partial charge on any atom is -0.469 e. The first kappa shape index (κ1) is 22.1. The lowest BCUT2D eigenvalue weighted by molar-refractivity contribution is -0.140. The van der Waals surface area contributed by atoms with Crippen LogP contribution in [0.5, 0.6) is 0 Å². The second-order valence-corrected chi connectivity index (χ2v) is 6.58. The fourth-order valence-electron chi connectivity index (χ4n) is 2.90. The maximum Gasteiger partial charge on any atom is 0.305 e. The van der Waals surface area contributed by atoms with E-state index in [1.54, 1.807) is 0 Å². The Morgan fingerprint density at radius 3 is 1.35 bits per heavy atom. The number of hydrogen-bond acceptors (Lipinski definition) is 3. The third kappa shape index (κ3) is 19.1. The van der Waals surface area contributed by atoms with Crippen LogP contribution in [0.15, 0.2) is 0 Å². The summed E-state index contributed by atoms with van der Waals surface area (Å²) in [4.78, 5) is 21.1. The van der Waals surface area contributed by atoms with Gasteiger partial charge in [0.15, 0.2) is 0 Å². The molecule has 23 heavy (non-hydrogen) atoms. The lowest BCUT2D eigenvalue weighted by atomic mass is 10.0. The molecule has 0 fully saturated rings. The molecule has 0 atom stereocenters. The molecule has 136 valence electrons. The van der Waals surface area contributed by atoms with Crippen molar-refractivity contribution in [3.05, 3.63) is 0 Å². The molecule has 0 N–H and O–H groups in total. The van der Waals surface area contributed by atoms with Crippen LogP contribution in [0.25, 0.3) is 0 Å². The Kier molecular flexibility index (Phi) is 18.5. The molecule has 0 aliphatic rings. The molecule has 0 unspecified atom stereocenters. The van der Waals surface area contributed by atoms with E-state index >= 15 is 0 Å². The Bertz CT molecular complexity index is 264. The van der Waals surface area contributed by atoms with Crippen molar-refractivity contribution < 1.29 is 14.3 Å². The Morgan fingerprint density at radius 1 is 0.652 bits per heavy atom.